The van der Waals surface area contributed by atoms with E-state index < -0.39 is 5.97 Å². The lowest BCUT2D eigenvalue weighted by Crippen LogP contribution is -2.15. The van der Waals surface area contributed by atoms with Crippen molar-refractivity contribution in [3.05, 3.63) is 41.6 Å². The number of pyridine rings is 1. The SMILES string of the molecule is CC(CC(=O)O)c1cc(-c2cccc(OCCCN(C)C)c2)c(C#N)c(N)n1. The van der Waals surface area contributed by atoms with E-state index in [0.717, 1.165) is 18.5 Å². The number of nitrogens with two attached hydrogens (primary N) is 1. The van der Waals surface area contributed by atoms with Crippen LogP contribution in [0.2, 0.25) is 0 Å². The second-order valence-electron chi connectivity index (χ2n) is 7.00. The highest BCUT2D eigenvalue weighted by Gasteiger charge is 2.18. The topological polar surface area (TPSA) is 112 Å². The number of nitriles is 1. The second kappa shape index (κ2) is 9.72. The van der Waals surface area contributed by atoms with E-state index in [9.17, 15) is 10.1 Å². The fourth-order valence-corrected chi connectivity index (χ4v) is 2.87. The van der Waals surface area contributed by atoms with E-state index in [4.69, 9.17) is 15.6 Å². The molecule has 2 aromatic rings. The van der Waals surface area contributed by atoms with Crippen LogP contribution in [0.15, 0.2) is 30.3 Å². The van der Waals surface area contributed by atoms with E-state index in [-0.39, 0.29) is 23.7 Å². The van der Waals surface area contributed by atoms with Gasteiger partial charge in [0.2, 0.25) is 0 Å². The Hall–Kier alpha value is -3.11. The van der Waals surface area contributed by atoms with Gasteiger partial charge < -0.3 is 20.5 Å². The lowest BCUT2D eigenvalue weighted by Gasteiger charge is -2.15. The van der Waals surface area contributed by atoms with Crippen LogP contribution in [0.3, 0.4) is 0 Å². The van der Waals surface area contributed by atoms with Crippen LogP contribution in [0, 0.1) is 11.3 Å². The second-order valence-corrected chi connectivity index (χ2v) is 7.00. The van der Waals surface area contributed by atoms with E-state index in [1.807, 2.05) is 38.4 Å². The largest absolute Gasteiger partial charge is 0.494 e. The number of hydrogen-bond donors (Lipinski definition) is 2. The summed E-state index contributed by atoms with van der Waals surface area (Å²) in [5.41, 5.74) is 8.21. The van der Waals surface area contributed by atoms with Crippen molar-refractivity contribution >= 4 is 11.8 Å². The molecule has 0 fully saturated rings. The van der Waals surface area contributed by atoms with E-state index in [2.05, 4.69) is 16.0 Å². The summed E-state index contributed by atoms with van der Waals surface area (Å²) in [6.45, 7) is 3.30. The fraction of sp³-hybridized carbons (Fsp3) is 0.381. The first-order chi connectivity index (χ1) is 13.3. The van der Waals surface area contributed by atoms with Gasteiger partial charge in [0, 0.05) is 23.7 Å². The Morgan fingerprint density at radius 2 is 2.14 bits per heavy atom. The molecule has 0 amide bonds. The third-order valence-electron chi connectivity index (χ3n) is 4.33. The van der Waals surface area contributed by atoms with Crippen LogP contribution in [0.4, 0.5) is 5.82 Å². The summed E-state index contributed by atoms with van der Waals surface area (Å²) >= 11 is 0. The van der Waals surface area contributed by atoms with Crippen molar-refractivity contribution in [2.75, 3.05) is 33.0 Å². The zero-order valence-corrected chi connectivity index (χ0v) is 16.5. The average molecular weight is 382 g/mol. The number of benzene rings is 1. The van der Waals surface area contributed by atoms with E-state index in [1.165, 1.54) is 0 Å². The number of ether oxygens (including phenoxy) is 1. The maximum absolute atomic E-state index is 11.0. The van der Waals surface area contributed by atoms with Crippen LogP contribution >= 0.6 is 0 Å². The standard InChI is InChI=1S/C21H26N4O3/c1-14(10-20(26)27)19-12-17(18(13-22)21(23)24-19)15-6-4-7-16(11-15)28-9-5-8-25(2)3/h4,6-7,11-12,14H,5,8-10H2,1-3H3,(H2,23,24)(H,26,27). The summed E-state index contributed by atoms with van der Waals surface area (Å²) in [6.07, 6.45) is 0.840. The minimum absolute atomic E-state index is 0.0627. The summed E-state index contributed by atoms with van der Waals surface area (Å²) < 4.78 is 5.82. The molecule has 148 valence electrons. The number of carbonyl (C=O) groups is 1. The lowest BCUT2D eigenvalue weighted by molar-refractivity contribution is -0.137. The molecule has 1 heterocycles. The van der Waals surface area contributed by atoms with E-state index in [0.29, 0.717) is 23.6 Å². The third-order valence-corrected chi connectivity index (χ3v) is 4.33. The number of rotatable bonds is 9. The minimum Gasteiger partial charge on any atom is -0.494 e. The molecule has 0 saturated carbocycles. The van der Waals surface area contributed by atoms with Crippen LogP contribution in [0.25, 0.3) is 11.1 Å². The van der Waals surface area contributed by atoms with Crippen LogP contribution in [0.1, 0.15) is 36.9 Å². The van der Waals surface area contributed by atoms with Crippen molar-refractivity contribution < 1.29 is 14.6 Å². The van der Waals surface area contributed by atoms with Gasteiger partial charge in [-0.25, -0.2) is 4.98 Å². The van der Waals surface area contributed by atoms with Crippen molar-refractivity contribution in [1.29, 1.82) is 5.26 Å². The van der Waals surface area contributed by atoms with Gasteiger partial charge in [-0.15, -0.1) is 0 Å². The average Bonchev–Trinajstić information content (AvgIpc) is 2.64. The van der Waals surface area contributed by atoms with E-state index in [1.54, 1.807) is 13.0 Å². The number of hydrogen-bond acceptors (Lipinski definition) is 6. The van der Waals surface area contributed by atoms with Gasteiger partial charge in [-0.2, -0.15) is 5.26 Å². The third kappa shape index (κ3) is 5.69. The summed E-state index contributed by atoms with van der Waals surface area (Å²) in [4.78, 5) is 17.4. The summed E-state index contributed by atoms with van der Waals surface area (Å²) in [5.74, 6) is -0.427. The molecule has 1 aromatic heterocycles. The van der Waals surface area contributed by atoms with Crippen molar-refractivity contribution in [2.24, 2.45) is 0 Å². The number of nitrogen functional groups attached to an aromatic ring is 1. The Morgan fingerprint density at radius 3 is 2.79 bits per heavy atom. The highest BCUT2D eigenvalue weighted by atomic mass is 16.5. The number of aromatic nitrogens is 1. The maximum atomic E-state index is 11.0. The summed E-state index contributed by atoms with van der Waals surface area (Å²) in [7, 11) is 4.03. The van der Waals surface area contributed by atoms with Gasteiger partial charge >= 0.3 is 5.97 Å². The van der Waals surface area contributed by atoms with Gasteiger partial charge in [-0.1, -0.05) is 19.1 Å². The molecule has 0 saturated heterocycles. The Morgan fingerprint density at radius 1 is 1.39 bits per heavy atom. The van der Waals surface area contributed by atoms with Gasteiger partial charge in [0.25, 0.3) is 0 Å². The molecule has 7 heteroatoms. The van der Waals surface area contributed by atoms with Crippen molar-refractivity contribution in [3.8, 4) is 22.9 Å². The molecule has 0 bridgehead atoms. The Kier molecular flexibility index (Phi) is 7.36. The Bertz CT molecular complexity index is 874. The predicted molar refractivity (Wildman–Crippen MR) is 108 cm³/mol. The molecule has 1 unspecified atom stereocenters. The number of aliphatic carboxylic acids is 1. The number of nitrogens with zero attached hydrogens (tertiary/aromatic N) is 3. The zero-order valence-electron chi connectivity index (χ0n) is 16.5. The number of carboxylic acids is 1. The first-order valence-electron chi connectivity index (χ1n) is 9.12. The smallest absolute Gasteiger partial charge is 0.304 e. The highest BCUT2D eigenvalue weighted by Crippen LogP contribution is 2.32. The van der Waals surface area contributed by atoms with Gasteiger partial charge in [0.05, 0.1) is 13.0 Å². The molecule has 0 radical (unpaired) electrons. The molecule has 0 aliphatic carbocycles. The molecule has 2 rings (SSSR count). The van der Waals surface area contributed by atoms with Crippen molar-refractivity contribution in [3.63, 3.8) is 0 Å². The van der Waals surface area contributed by atoms with Gasteiger partial charge in [-0.05, 0) is 44.3 Å². The van der Waals surface area contributed by atoms with Crippen molar-refractivity contribution in [2.45, 2.75) is 25.7 Å². The van der Waals surface area contributed by atoms with Crippen LogP contribution in [-0.4, -0.2) is 48.2 Å². The zero-order chi connectivity index (χ0) is 20.7. The maximum Gasteiger partial charge on any atom is 0.304 e. The molecule has 3 N–H and O–H groups in total. The molecule has 7 nitrogen and oxygen atoms in total. The monoisotopic (exact) mass is 382 g/mol. The molecule has 1 atom stereocenters. The fourth-order valence-electron chi connectivity index (χ4n) is 2.87. The molecule has 1 aromatic carbocycles. The van der Waals surface area contributed by atoms with Crippen LogP contribution in [-0.2, 0) is 4.79 Å². The van der Waals surface area contributed by atoms with Gasteiger partial charge in [0.15, 0.2) is 0 Å². The summed E-state index contributed by atoms with van der Waals surface area (Å²) in [6, 6.07) is 11.3. The van der Waals surface area contributed by atoms with Crippen LogP contribution in [0.5, 0.6) is 5.75 Å². The quantitative estimate of drug-likeness (QED) is 0.641. The number of carboxylic acid groups (broad SMARTS) is 1. The Labute approximate surface area is 165 Å². The molecule has 0 aliphatic rings. The molecule has 28 heavy (non-hydrogen) atoms. The molecular weight excluding hydrogens is 356 g/mol. The number of anilines is 1. The first kappa shape index (κ1) is 21.2. The Balaban J connectivity index is 2.32. The molecule has 0 spiro atoms. The van der Waals surface area contributed by atoms with Gasteiger partial charge in [-0.3, -0.25) is 4.79 Å². The lowest BCUT2D eigenvalue weighted by atomic mass is 9.95. The first-order valence-corrected chi connectivity index (χ1v) is 9.12. The normalized spacial score (nSPS) is 11.8. The van der Waals surface area contributed by atoms with Crippen molar-refractivity contribution in [1.82, 2.24) is 9.88 Å². The summed E-state index contributed by atoms with van der Waals surface area (Å²) in [5, 5.41) is 18.6. The van der Waals surface area contributed by atoms with Crippen LogP contribution < -0.4 is 10.5 Å². The predicted octanol–water partition coefficient (Wildman–Crippen LogP) is 3.11. The molecule has 0 aliphatic heterocycles. The van der Waals surface area contributed by atoms with E-state index >= 15 is 0 Å². The molecular formula is C21H26N4O3. The van der Waals surface area contributed by atoms with Gasteiger partial charge in [0.1, 0.15) is 23.2 Å². The minimum atomic E-state index is -0.910. The highest BCUT2D eigenvalue weighted by molar-refractivity contribution is 5.77.